The van der Waals surface area contributed by atoms with Crippen molar-refractivity contribution in [3.8, 4) is 5.69 Å². The van der Waals surface area contributed by atoms with Crippen molar-refractivity contribution in [2.24, 2.45) is 0 Å². The lowest BCUT2D eigenvalue weighted by molar-refractivity contribution is -0.0149. The van der Waals surface area contributed by atoms with Crippen molar-refractivity contribution in [1.82, 2.24) is 25.0 Å². The van der Waals surface area contributed by atoms with Crippen LogP contribution in [0.15, 0.2) is 61.2 Å². The molecule has 7 nitrogen and oxygen atoms in total. The van der Waals surface area contributed by atoms with Gasteiger partial charge < -0.3 is 15.0 Å². The van der Waals surface area contributed by atoms with E-state index in [2.05, 4.69) is 21.5 Å². The maximum atomic E-state index is 12.7. The van der Waals surface area contributed by atoms with E-state index in [0.29, 0.717) is 13.2 Å². The third-order valence-corrected chi connectivity index (χ3v) is 5.07. The van der Waals surface area contributed by atoms with Gasteiger partial charge in [0.2, 0.25) is 0 Å². The van der Waals surface area contributed by atoms with E-state index >= 15 is 0 Å². The van der Waals surface area contributed by atoms with Crippen LogP contribution in [0.3, 0.4) is 0 Å². The summed E-state index contributed by atoms with van der Waals surface area (Å²) < 4.78 is 7.54. The molecule has 1 unspecified atom stereocenters. The number of carbonyl (C=O) groups excluding carboxylic acids is 1. The van der Waals surface area contributed by atoms with Gasteiger partial charge in [0, 0.05) is 13.6 Å². The molecule has 2 amide bonds. The minimum Gasteiger partial charge on any atom is -0.371 e. The number of nitrogens with one attached hydrogen (secondary N) is 1. The Bertz CT molecular complexity index is 978. The van der Waals surface area contributed by atoms with Crippen LogP contribution < -0.4 is 5.32 Å². The van der Waals surface area contributed by atoms with Gasteiger partial charge in [0.05, 0.1) is 23.9 Å². The molecule has 0 bridgehead atoms. The van der Waals surface area contributed by atoms with Gasteiger partial charge in [-0.3, -0.25) is 0 Å². The van der Waals surface area contributed by atoms with Gasteiger partial charge in [-0.25, -0.2) is 14.5 Å². The minimum atomic E-state index is -0.184. The first-order chi connectivity index (χ1) is 14.7. The Morgan fingerprint density at radius 1 is 1.16 bits per heavy atom. The Balaban J connectivity index is 1.55. The van der Waals surface area contributed by atoms with Crippen molar-refractivity contribution in [2.45, 2.75) is 52.5 Å². The second-order valence-corrected chi connectivity index (χ2v) is 8.60. The first kappa shape index (κ1) is 22.5. The number of nitrogens with zero attached hydrogens (tertiary/aromatic N) is 4. The molecule has 2 aromatic carbocycles. The highest BCUT2D eigenvalue weighted by atomic mass is 16.5. The Morgan fingerprint density at radius 2 is 1.87 bits per heavy atom. The SMILES string of the molecule is CC(c1ccc(-n2cncn2)cc1)N(C)C(=O)NCc1cccc(COC(C)(C)C)c1. The van der Waals surface area contributed by atoms with Crippen LogP contribution in [-0.2, 0) is 17.9 Å². The average molecular weight is 422 g/mol. The third kappa shape index (κ3) is 6.39. The fraction of sp³-hybridized carbons (Fsp3) is 0.375. The quantitative estimate of drug-likeness (QED) is 0.610. The highest BCUT2D eigenvalue weighted by Gasteiger charge is 2.17. The summed E-state index contributed by atoms with van der Waals surface area (Å²) in [6.45, 7) is 9.13. The summed E-state index contributed by atoms with van der Waals surface area (Å²) in [5.41, 5.74) is 3.92. The number of amides is 2. The molecule has 0 fully saturated rings. The van der Waals surface area contributed by atoms with Crippen molar-refractivity contribution >= 4 is 6.03 Å². The Hall–Kier alpha value is -3.19. The highest BCUT2D eigenvalue weighted by Crippen LogP contribution is 2.20. The molecule has 0 saturated heterocycles. The van der Waals surface area contributed by atoms with Crippen LogP contribution in [-0.4, -0.2) is 38.3 Å². The van der Waals surface area contributed by atoms with E-state index in [4.69, 9.17) is 4.74 Å². The monoisotopic (exact) mass is 421 g/mol. The molecule has 7 heteroatoms. The van der Waals surface area contributed by atoms with Gasteiger partial charge in [0.25, 0.3) is 0 Å². The van der Waals surface area contributed by atoms with Crippen LogP contribution >= 0.6 is 0 Å². The maximum absolute atomic E-state index is 12.7. The van der Waals surface area contributed by atoms with E-state index in [1.807, 2.05) is 70.2 Å². The normalized spacial score (nSPS) is 12.4. The second-order valence-electron chi connectivity index (χ2n) is 8.60. The van der Waals surface area contributed by atoms with Crippen LogP contribution in [0.2, 0.25) is 0 Å². The third-order valence-electron chi connectivity index (χ3n) is 5.07. The Morgan fingerprint density at radius 3 is 2.52 bits per heavy atom. The molecule has 0 radical (unpaired) electrons. The Labute approximate surface area is 184 Å². The lowest BCUT2D eigenvalue weighted by Crippen LogP contribution is -2.38. The first-order valence-electron chi connectivity index (χ1n) is 10.4. The average Bonchev–Trinajstić information content (AvgIpc) is 3.30. The van der Waals surface area contributed by atoms with Crippen LogP contribution in [0.1, 0.15) is 50.4 Å². The molecule has 1 aromatic heterocycles. The molecule has 1 N–H and O–H groups in total. The number of rotatable bonds is 7. The van der Waals surface area contributed by atoms with Gasteiger partial charge in [-0.05, 0) is 56.5 Å². The van der Waals surface area contributed by atoms with Gasteiger partial charge in [0.1, 0.15) is 12.7 Å². The fourth-order valence-electron chi connectivity index (χ4n) is 3.08. The molecule has 0 aliphatic rings. The van der Waals surface area contributed by atoms with Gasteiger partial charge in [-0.15, -0.1) is 0 Å². The fourth-order valence-corrected chi connectivity index (χ4v) is 3.08. The molecule has 164 valence electrons. The summed E-state index contributed by atoms with van der Waals surface area (Å²) in [6.07, 6.45) is 3.16. The topological polar surface area (TPSA) is 72.3 Å². The predicted molar refractivity (Wildman–Crippen MR) is 121 cm³/mol. The summed E-state index contributed by atoms with van der Waals surface area (Å²) in [4.78, 5) is 18.4. The number of ether oxygens (including phenoxy) is 1. The van der Waals surface area contributed by atoms with Crippen LogP contribution in [0.4, 0.5) is 4.79 Å². The lowest BCUT2D eigenvalue weighted by Gasteiger charge is -2.26. The zero-order valence-electron chi connectivity index (χ0n) is 18.9. The second kappa shape index (κ2) is 9.75. The van der Waals surface area contributed by atoms with Crippen LogP contribution in [0.5, 0.6) is 0 Å². The molecule has 0 aliphatic heterocycles. The predicted octanol–water partition coefficient (Wildman–Crippen LogP) is 4.49. The van der Waals surface area contributed by atoms with E-state index in [-0.39, 0.29) is 17.7 Å². The molecular weight excluding hydrogens is 390 g/mol. The number of aromatic nitrogens is 3. The van der Waals surface area contributed by atoms with E-state index in [9.17, 15) is 4.79 Å². The van der Waals surface area contributed by atoms with Crippen molar-refractivity contribution in [2.75, 3.05) is 7.05 Å². The molecule has 0 saturated carbocycles. The number of hydrogen-bond acceptors (Lipinski definition) is 4. The van der Waals surface area contributed by atoms with Gasteiger partial charge >= 0.3 is 6.03 Å². The van der Waals surface area contributed by atoms with E-state index in [1.165, 1.54) is 6.33 Å². The highest BCUT2D eigenvalue weighted by molar-refractivity contribution is 5.74. The summed E-state index contributed by atoms with van der Waals surface area (Å²) >= 11 is 0. The zero-order valence-corrected chi connectivity index (χ0v) is 18.9. The van der Waals surface area contributed by atoms with Crippen molar-refractivity contribution in [3.63, 3.8) is 0 Å². The largest absolute Gasteiger partial charge is 0.371 e. The lowest BCUT2D eigenvalue weighted by atomic mass is 10.1. The number of hydrogen-bond donors (Lipinski definition) is 1. The number of benzene rings is 2. The van der Waals surface area contributed by atoms with Gasteiger partial charge in [0.15, 0.2) is 0 Å². The minimum absolute atomic E-state index is 0.0729. The van der Waals surface area contributed by atoms with Gasteiger partial charge in [-0.1, -0.05) is 36.4 Å². The molecule has 3 aromatic rings. The summed E-state index contributed by atoms with van der Waals surface area (Å²) in [5.74, 6) is 0. The van der Waals surface area contributed by atoms with E-state index in [0.717, 1.165) is 22.4 Å². The standard InChI is InChI=1S/C24H31N5O2/c1-18(21-9-11-22(12-10-21)29-17-25-16-27-29)28(5)23(30)26-14-19-7-6-8-20(13-19)15-31-24(2,3)4/h6-13,16-18H,14-15H2,1-5H3,(H,26,30). The smallest absolute Gasteiger partial charge is 0.317 e. The van der Waals surface area contributed by atoms with Crippen LogP contribution in [0, 0.1) is 0 Å². The Kier molecular flexibility index (Phi) is 7.07. The van der Waals surface area contributed by atoms with Gasteiger partial charge in [-0.2, -0.15) is 5.10 Å². The van der Waals surface area contributed by atoms with Crippen molar-refractivity contribution < 1.29 is 9.53 Å². The summed E-state index contributed by atoms with van der Waals surface area (Å²) in [7, 11) is 1.80. The zero-order chi connectivity index (χ0) is 22.4. The number of carbonyl (C=O) groups is 1. The molecule has 3 rings (SSSR count). The molecule has 31 heavy (non-hydrogen) atoms. The number of urea groups is 1. The van der Waals surface area contributed by atoms with Crippen molar-refractivity contribution in [3.05, 3.63) is 77.9 Å². The molecule has 0 aliphatic carbocycles. The van der Waals surface area contributed by atoms with Crippen LogP contribution in [0.25, 0.3) is 5.69 Å². The molecule has 1 atom stereocenters. The van der Waals surface area contributed by atoms with Crippen molar-refractivity contribution in [1.29, 1.82) is 0 Å². The molecule has 0 spiro atoms. The van der Waals surface area contributed by atoms with E-state index < -0.39 is 0 Å². The summed E-state index contributed by atoms with van der Waals surface area (Å²) in [6, 6.07) is 15.9. The first-order valence-corrected chi connectivity index (χ1v) is 10.4. The molecule has 1 heterocycles. The maximum Gasteiger partial charge on any atom is 0.317 e. The van der Waals surface area contributed by atoms with E-state index in [1.54, 1.807) is 23.0 Å². The summed E-state index contributed by atoms with van der Waals surface area (Å²) in [5, 5.41) is 7.14. The molecular formula is C24H31N5O2.